The van der Waals surface area contributed by atoms with Crippen LogP contribution in [0.4, 0.5) is 0 Å². The van der Waals surface area contributed by atoms with Crippen molar-refractivity contribution in [2.75, 3.05) is 32.8 Å². The second kappa shape index (κ2) is 10.4. The molecular formula is C26H38N2O5S. The zero-order valence-corrected chi connectivity index (χ0v) is 21.2. The van der Waals surface area contributed by atoms with Gasteiger partial charge in [0.1, 0.15) is 6.04 Å². The molecule has 0 aliphatic carbocycles. The molecule has 4 rings (SSSR count). The van der Waals surface area contributed by atoms with Crippen LogP contribution >= 0.6 is 11.8 Å². The maximum atomic E-state index is 14.0. The van der Waals surface area contributed by atoms with E-state index in [4.69, 9.17) is 4.74 Å². The fourth-order valence-corrected chi connectivity index (χ4v) is 8.18. The molecule has 34 heavy (non-hydrogen) atoms. The van der Waals surface area contributed by atoms with Gasteiger partial charge in [0.05, 0.1) is 23.2 Å². The highest BCUT2D eigenvalue weighted by molar-refractivity contribution is 8.02. The summed E-state index contributed by atoms with van der Waals surface area (Å²) in [6.45, 7) is 6.11. The molecule has 0 aromatic heterocycles. The van der Waals surface area contributed by atoms with Crippen molar-refractivity contribution < 1.29 is 24.2 Å². The maximum absolute atomic E-state index is 14.0. The summed E-state index contributed by atoms with van der Waals surface area (Å²) < 4.78 is 4.24. The third-order valence-corrected chi connectivity index (χ3v) is 9.47. The summed E-state index contributed by atoms with van der Waals surface area (Å²) in [6.07, 6.45) is 14.0. The average Bonchev–Trinajstić information content (AvgIpc) is 3.13. The number of ether oxygens (including phenoxy) is 1. The number of allylic oxidation sites excluding steroid dienone is 1. The number of unbranched alkanes of at least 4 members (excludes halogenated alkanes) is 2. The van der Waals surface area contributed by atoms with Crippen molar-refractivity contribution in [2.45, 2.75) is 74.3 Å². The van der Waals surface area contributed by atoms with Crippen LogP contribution < -0.4 is 0 Å². The van der Waals surface area contributed by atoms with Gasteiger partial charge in [-0.2, -0.15) is 0 Å². The van der Waals surface area contributed by atoms with E-state index in [0.29, 0.717) is 39.1 Å². The number of rotatable bonds is 7. The molecule has 4 aliphatic rings. The number of nitrogens with zero attached hydrogens (tertiary/aromatic N) is 2. The first-order valence-electron chi connectivity index (χ1n) is 12.8. The number of hydrogen-bond acceptors (Lipinski definition) is 6. The van der Waals surface area contributed by atoms with Crippen molar-refractivity contribution in [3.05, 3.63) is 24.3 Å². The predicted octanol–water partition coefficient (Wildman–Crippen LogP) is 2.93. The van der Waals surface area contributed by atoms with E-state index in [0.717, 1.165) is 32.1 Å². The molecule has 0 aromatic rings. The van der Waals surface area contributed by atoms with Crippen LogP contribution in [0.15, 0.2) is 24.3 Å². The highest BCUT2D eigenvalue weighted by Crippen LogP contribution is 2.65. The molecule has 0 saturated carbocycles. The Hall–Kier alpha value is -1.80. The lowest BCUT2D eigenvalue weighted by Gasteiger charge is -2.37. The van der Waals surface area contributed by atoms with Crippen LogP contribution in [-0.2, 0) is 19.1 Å². The van der Waals surface area contributed by atoms with Crippen molar-refractivity contribution in [3.63, 3.8) is 0 Å². The molecule has 188 valence electrons. The number of amides is 2. The minimum atomic E-state index is -0.814. The molecule has 8 heteroatoms. The first-order chi connectivity index (χ1) is 16.4. The zero-order valence-electron chi connectivity index (χ0n) is 20.4. The van der Waals surface area contributed by atoms with Crippen molar-refractivity contribution in [1.82, 2.24) is 9.80 Å². The fraction of sp³-hybridized carbons (Fsp3) is 0.731. The number of carbonyl (C=O) groups excluding carboxylic acids is 3. The molecule has 1 spiro atoms. The van der Waals surface area contributed by atoms with E-state index >= 15 is 0 Å². The summed E-state index contributed by atoms with van der Waals surface area (Å²) in [5.41, 5.74) is 0. The molecule has 1 N–H and O–H groups in total. The van der Waals surface area contributed by atoms with Gasteiger partial charge in [-0.15, -0.1) is 11.8 Å². The average molecular weight is 491 g/mol. The van der Waals surface area contributed by atoms with Gasteiger partial charge in [0, 0.05) is 31.0 Å². The van der Waals surface area contributed by atoms with Gasteiger partial charge in [0.25, 0.3) is 0 Å². The van der Waals surface area contributed by atoms with Crippen LogP contribution in [0, 0.1) is 11.8 Å². The highest BCUT2D eigenvalue weighted by atomic mass is 32.2. The van der Waals surface area contributed by atoms with E-state index in [1.807, 2.05) is 17.9 Å². The molecule has 4 heterocycles. The zero-order chi connectivity index (χ0) is 24.3. The van der Waals surface area contributed by atoms with Gasteiger partial charge in [0.2, 0.25) is 11.8 Å². The Labute approximate surface area is 206 Å². The monoisotopic (exact) mass is 490 g/mol. The fourth-order valence-electron chi connectivity index (χ4n) is 6.03. The van der Waals surface area contributed by atoms with Gasteiger partial charge in [-0.25, -0.2) is 0 Å². The van der Waals surface area contributed by atoms with Crippen LogP contribution in [0.5, 0.6) is 0 Å². The number of thioether (sulfide) groups is 1. The van der Waals surface area contributed by atoms with E-state index in [1.165, 1.54) is 0 Å². The number of fused-ring (bicyclic) bond motifs is 2. The van der Waals surface area contributed by atoms with E-state index in [-0.39, 0.29) is 24.4 Å². The molecule has 4 aliphatic heterocycles. The van der Waals surface area contributed by atoms with E-state index in [1.54, 1.807) is 16.7 Å². The van der Waals surface area contributed by atoms with Gasteiger partial charge in [-0.3, -0.25) is 14.4 Å². The molecule has 7 nitrogen and oxygen atoms in total. The number of carbonyl (C=O) groups is 3. The van der Waals surface area contributed by atoms with E-state index < -0.39 is 27.4 Å². The number of aliphatic hydroxyl groups excluding tert-OH is 1. The standard InChI is InChI=1S/C26H38N2O5S/c1-3-4-14-27-15-11-13-26-19(22(30)28(16-8-9-17-29)21(26)23(27)31)20-24(32)33-18-10-6-5-7-12-25(20,2)34-26/h7,11-13,19-21,29H,3-6,8-10,14-18H2,1-2H3/b12-7-/t19-,20-,21?,25+,26-/m0/s1. The molecule has 0 aromatic carbocycles. The lowest BCUT2D eigenvalue weighted by atomic mass is 9.74. The Morgan fingerprint density at radius 3 is 2.65 bits per heavy atom. The van der Waals surface area contributed by atoms with E-state index in [9.17, 15) is 19.5 Å². The van der Waals surface area contributed by atoms with Gasteiger partial charge in [-0.1, -0.05) is 37.6 Å². The van der Waals surface area contributed by atoms with Crippen LogP contribution in [0.2, 0.25) is 0 Å². The van der Waals surface area contributed by atoms with Crippen LogP contribution in [-0.4, -0.2) is 81.1 Å². The second-order valence-electron chi connectivity index (χ2n) is 10.1. The SMILES string of the molecule is CCCCN1CC=C[C@]23S[C@]4(C)/C=C\CCCCOC(=O)[C@@H]4[C@H]2C(=O)N(CCCCO)C3C1=O. The summed E-state index contributed by atoms with van der Waals surface area (Å²) >= 11 is 1.60. The van der Waals surface area contributed by atoms with Gasteiger partial charge < -0.3 is 19.6 Å². The second-order valence-corrected chi connectivity index (χ2v) is 11.9. The molecule has 0 radical (unpaired) electrons. The van der Waals surface area contributed by atoms with Crippen LogP contribution in [0.1, 0.15) is 58.8 Å². The van der Waals surface area contributed by atoms with Gasteiger partial charge in [-0.05, 0) is 45.4 Å². The minimum Gasteiger partial charge on any atom is -0.465 e. The van der Waals surface area contributed by atoms with Crippen molar-refractivity contribution >= 4 is 29.5 Å². The lowest BCUT2D eigenvalue weighted by molar-refractivity contribution is -0.154. The molecule has 0 bridgehead atoms. The molecule has 2 saturated heterocycles. The van der Waals surface area contributed by atoms with Crippen LogP contribution in [0.25, 0.3) is 0 Å². The largest absolute Gasteiger partial charge is 0.465 e. The summed E-state index contributed by atoms with van der Waals surface area (Å²) in [5.74, 6) is -1.80. The number of esters is 1. The Bertz CT molecular complexity index is 860. The first kappa shape index (κ1) is 25.3. The lowest BCUT2D eigenvalue weighted by Crippen LogP contribution is -2.53. The predicted molar refractivity (Wildman–Crippen MR) is 132 cm³/mol. The smallest absolute Gasteiger partial charge is 0.311 e. The third kappa shape index (κ3) is 4.32. The molecule has 5 atom stereocenters. The quantitative estimate of drug-likeness (QED) is 0.335. The topological polar surface area (TPSA) is 87.2 Å². The van der Waals surface area contributed by atoms with Crippen molar-refractivity contribution in [2.24, 2.45) is 11.8 Å². The Balaban J connectivity index is 1.79. The van der Waals surface area contributed by atoms with Crippen molar-refractivity contribution in [3.8, 4) is 0 Å². The number of aliphatic hydroxyl groups is 1. The minimum absolute atomic E-state index is 0.0320. The summed E-state index contributed by atoms with van der Waals surface area (Å²) in [5, 5.41) is 9.30. The number of hydrogen-bond donors (Lipinski definition) is 1. The van der Waals surface area contributed by atoms with Gasteiger partial charge >= 0.3 is 5.97 Å². The summed E-state index contributed by atoms with van der Waals surface area (Å²) in [6, 6.07) is -0.653. The van der Waals surface area contributed by atoms with Gasteiger partial charge in [0.15, 0.2) is 0 Å². The van der Waals surface area contributed by atoms with Crippen LogP contribution in [0.3, 0.4) is 0 Å². The molecule has 1 unspecified atom stereocenters. The van der Waals surface area contributed by atoms with Crippen molar-refractivity contribution in [1.29, 1.82) is 0 Å². The molecular weight excluding hydrogens is 452 g/mol. The summed E-state index contributed by atoms with van der Waals surface area (Å²) in [4.78, 5) is 45.0. The first-order valence-corrected chi connectivity index (χ1v) is 13.6. The summed E-state index contributed by atoms with van der Waals surface area (Å²) in [7, 11) is 0. The number of cyclic esters (lactones) is 1. The Morgan fingerprint density at radius 1 is 1.06 bits per heavy atom. The normalized spacial score (nSPS) is 36.6. The Morgan fingerprint density at radius 2 is 1.88 bits per heavy atom. The highest BCUT2D eigenvalue weighted by Gasteiger charge is 2.73. The number of likely N-dealkylation sites (tertiary alicyclic amines) is 1. The third-order valence-electron chi connectivity index (χ3n) is 7.67. The molecule has 2 fully saturated rings. The Kier molecular flexibility index (Phi) is 7.77. The van der Waals surface area contributed by atoms with E-state index in [2.05, 4.69) is 25.2 Å². The molecule has 2 amide bonds. The maximum Gasteiger partial charge on any atom is 0.311 e.